The molecule has 4 atom stereocenters. The summed E-state index contributed by atoms with van der Waals surface area (Å²) in [4.78, 5) is 24.9. The first-order chi connectivity index (χ1) is 13.5. The zero-order chi connectivity index (χ0) is 23.5. The van der Waals surface area contributed by atoms with Crippen molar-refractivity contribution >= 4 is 11.9 Å². The highest BCUT2D eigenvalue weighted by Gasteiger charge is 2.67. The zero-order valence-electron chi connectivity index (χ0n) is 16.6. The van der Waals surface area contributed by atoms with Crippen molar-refractivity contribution in [2.45, 2.75) is 63.8 Å². The van der Waals surface area contributed by atoms with Gasteiger partial charge in [-0.3, -0.25) is 14.9 Å². The van der Waals surface area contributed by atoms with Crippen LogP contribution in [0.15, 0.2) is 0 Å². The Balaban J connectivity index is 3.68. The summed E-state index contributed by atoms with van der Waals surface area (Å²) in [5.41, 5.74) is -6.73. The topological polar surface area (TPSA) is 105 Å². The second-order valence-corrected chi connectivity index (χ2v) is 7.09. The first-order valence-electron chi connectivity index (χ1n) is 9.24. The molecule has 1 heterocycles. The maximum atomic E-state index is 13.2. The first kappa shape index (κ1) is 26.4. The fourth-order valence-corrected chi connectivity index (χ4v) is 4.03. The third-order valence-corrected chi connectivity index (χ3v) is 4.81. The highest BCUT2D eigenvalue weighted by atomic mass is 19.4. The number of halogens is 6. The van der Waals surface area contributed by atoms with E-state index in [0.29, 0.717) is 0 Å². The molecule has 4 unspecified atom stereocenters. The van der Waals surface area contributed by atoms with Crippen molar-refractivity contribution in [3.05, 3.63) is 0 Å². The highest BCUT2D eigenvalue weighted by Crippen LogP contribution is 2.49. The Kier molecular flexibility index (Phi) is 8.16. The number of nitrogens with one attached hydrogen (secondary N) is 1. The molecule has 1 saturated heterocycles. The third kappa shape index (κ3) is 6.20. The van der Waals surface area contributed by atoms with Gasteiger partial charge in [-0.15, -0.1) is 0 Å². The molecular formula is C17H25F6NO6. The molecule has 0 amide bonds. The van der Waals surface area contributed by atoms with E-state index in [1.54, 1.807) is 0 Å². The van der Waals surface area contributed by atoms with Gasteiger partial charge in [-0.05, 0) is 19.8 Å². The molecule has 176 valence electrons. The van der Waals surface area contributed by atoms with E-state index in [0.717, 1.165) is 0 Å². The van der Waals surface area contributed by atoms with Gasteiger partial charge in [0.05, 0.1) is 26.1 Å². The van der Waals surface area contributed by atoms with Crippen molar-refractivity contribution in [2.24, 2.45) is 17.8 Å². The summed E-state index contributed by atoms with van der Waals surface area (Å²) in [6, 6.07) is 0. The van der Waals surface area contributed by atoms with Gasteiger partial charge in [0.15, 0.2) is 0 Å². The van der Waals surface area contributed by atoms with E-state index >= 15 is 0 Å². The molecule has 0 spiro atoms. The summed E-state index contributed by atoms with van der Waals surface area (Å²) in [5, 5.41) is 23.0. The standard InChI is InChI=1S/C17H25F6NO6/c1-4-9-10(12(25)29-5-2)14(27,7-16(18,19)20)24-15(28,8-17(21,22)23)11(9)13(26)30-6-3/h9-11,24,27-28H,4-8H2,1-3H3. The predicted octanol–water partition coefficient (Wildman–Crippen LogP) is 2.26. The van der Waals surface area contributed by atoms with Crippen LogP contribution in [0.1, 0.15) is 40.0 Å². The van der Waals surface area contributed by atoms with Crippen LogP contribution in [0.4, 0.5) is 26.3 Å². The molecule has 0 aromatic heterocycles. The van der Waals surface area contributed by atoms with Crippen LogP contribution in [-0.2, 0) is 19.1 Å². The van der Waals surface area contributed by atoms with Crippen LogP contribution in [0.25, 0.3) is 0 Å². The molecular weight excluding hydrogens is 428 g/mol. The molecule has 0 aliphatic carbocycles. The minimum absolute atomic E-state index is 0.301. The van der Waals surface area contributed by atoms with E-state index in [4.69, 9.17) is 9.47 Å². The molecule has 0 saturated carbocycles. The van der Waals surface area contributed by atoms with Crippen molar-refractivity contribution in [3.8, 4) is 0 Å². The van der Waals surface area contributed by atoms with Gasteiger partial charge in [0.1, 0.15) is 23.3 Å². The smallest absolute Gasteiger partial charge is 0.393 e. The molecule has 7 nitrogen and oxygen atoms in total. The summed E-state index contributed by atoms with van der Waals surface area (Å²) >= 11 is 0. The normalized spacial score (nSPS) is 32.6. The number of piperidine rings is 1. The number of carbonyl (C=O) groups excluding carboxylic acids is 2. The highest BCUT2D eigenvalue weighted by molar-refractivity contribution is 5.79. The molecule has 0 radical (unpaired) electrons. The van der Waals surface area contributed by atoms with Crippen LogP contribution < -0.4 is 5.32 Å². The number of aliphatic hydroxyl groups is 2. The molecule has 30 heavy (non-hydrogen) atoms. The molecule has 1 fully saturated rings. The second kappa shape index (κ2) is 9.27. The van der Waals surface area contributed by atoms with Gasteiger partial charge in [0, 0.05) is 0 Å². The second-order valence-electron chi connectivity index (χ2n) is 7.09. The third-order valence-electron chi connectivity index (χ3n) is 4.81. The fourth-order valence-electron chi connectivity index (χ4n) is 4.03. The van der Waals surface area contributed by atoms with Crippen molar-refractivity contribution in [1.82, 2.24) is 5.32 Å². The van der Waals surface area contributed by atoms with Crippen LogP contribution in [0.5, 0.6) is 0 Å². The zero-order valence-corrected chi connectivity index (χ0v) is 16.6. The van der Waals surface area contributed by atoms with Gasteiger partial charge in [-0.25, -0.2) is 0 Å². The van der Waals surface area contributed by atoms with Crippen LogP contribution >= 0.6 is 0 Å². The van der Waals surface area contributed by atoms with Crippen LogP contribution in [-0.4, -0.2) is 59.2 Å². The summed E-state index contributed by atoms with van der Waals surface area (Å²) < 4.78 is 88.4. The molecule has 0 aromatic carbocycles. The van der Waals surface area contributed by atoms with E-state index in [1.807, 2.05) is 0 Å². The number of hydrogen-bond donors (Lipinski definition) is 3. The predicted molar refractivity (Wildman–Crippen MR) is 88.4 cm³/mol. The lowest BCUT2D eigenvalue weighted by atomic mass is 9.64. The monoisotopic (exact) mass is 453 g/mol. The number of hydrogen-bond acceptors (Lipinski definition) is 7. The van der Waals surface area contributed by atoms with Gasteiger partial charge in [0.25, 0.3) is 0 Å². The van der Waals surface area contributed by atoms with E-state index in [9.17, 15) is 46.1 Å². The Morgan fingerprint density at radius 3 is 1.40 bits per heavy atom. The average Bonchev–Trinajstić information content (AvgIpc) is 2.49. The van der Waals surface area contributed by atoms with E-state index < -0.39 is 66.3 Å². The van der Waals surface area contributed by atoms with Gasteiger partial charge in [-0.2, -0.15) is 26.3 Å². The van der Waals surface area contributed by atoms with Gasteiger partial charge in [-0.1, -0.05) is 13.3 Å². The quantitative estimate of drug-likeness (QED) is 0.401. The molecule has 0 bridgehead atoms. The van der Waals surface area contributed by atoms with Crippen LogP contribution in [0.2, 0.25) is 0 Å². The summed E-state index contributed by atoms with van der Waals surface area (Å²) in [6.45, 7) is 3.35. The van der Waals surface area contributed by atoms with Crippen molar-refractivity contribution < 1.29 is 55.6 Å². The molecule has 1 rings (SSSR count). The molecule has 0 aromatic rings. The maximum absolute atomic E-state index is 13.2. The van der Waals surface area contributed by atoms with Crippen LogP contribution in [0, 0.1) is 17.8 Å². The molecule has 1 aliphatic heterocycles. The number of esters is 2. The van der Waals surface area contributed by atoms with Crippen LogP contribution in [0.3, 0.4) is 0 Å². The lowest BCUT2D eigenvalue weighted by Gasteiger charge is -2.54. The number of rotatable bonds is 7. The largest absolute Gasteiger partial charge is 0.466 e. The summed E-state index contributed by atoms with van der Waals surface area (Å²) in [7, 11) is 0. The van der Waals surface area contributed by atoms with Crippen molar-refractivity contribution in [1.29, 1.82) is 0 Å². The van der Waals surface area contributed by atoms with E-state index in [1.165, 1.54) is 26.1 Å². The summed E-state index contributed by atoms with van der Waals surface area (Å²) in [6.07, 6.45) is -15.0. The van der Waals surface area contributed by atoms with E-state index in [2.05, 4.69) is 0 Å². The van der Waals surface area contributed by atoms with Gasteiger partial charge in [0.2, 0.25) is 0 Å². The molecule has 13 heteroatoms. The Morgan fingerprint density at radius 2 is 1.17 bits per heavy atom. The molecule has 1 aliphatic rings. The maximum Gasteiger partial charge on any atom is 0.393 e. The minimum Gasteiger partial charge on any atom is -0.466 e. The number of carbonyl (C=O) groups is 2. The minimum atomic E-state index is -5.14. The Bertz CT molecular complexity index is 577. The van der Waals surface area contributed by atoms with E-state index in [-0.39, 0.29) is 19.6 Å². The lowest BCUT2D eigenvalue weighted by Crippen LogP contribution is -2.76. The van der Waals surface area contributed by atoms with Crippen molar-refractivity contribution in [2.75, 3.05) is 13.2 Å². The fraction of sp³-hybridized carbons (Fsp3) is 0.882. The number of alkyl halides is 6. The Hall–Kier alpha value is -1.60. The molecule has 3 N–H and O–H groups in total. The summed E-state index contributed by atoms with van der Waals surface area (Å²) in [5.74, 6) is -8.57. The van der Waals surface area contributed by atoms with Gasteiger partial charge >= 0.3 is 24.3 Å². The first-order valence-corrected chi connectivity index (χ1v) is 9.24. The average molecular weight is 453 g/mol. The lowest BCUT2D eigenvalue weighted by molar-refractivity contribution is -0.281. The SMILES string of the molecule is CCOC(=O)C1C(CC)C(C(=O)OCC)C(O)(CC(F)(F)F)NC1(O)CC(F)(F)F. The number of ether oxygens (including phenoxy) is 2. The van der Waals surface area contributed by atoms with Gasteiger partial charge < -0.3 is 19.7 Å². The Labute approximate surface area is 168 Å². The Morgan fingerprint density at radius 1 is 0.833 bits per heavy atom. The van der Waals surface area contributed by atoms with Crippen molar-refractivity contribution in [3.63, 3.8) is 0 Å².